The van der Waals surface area contributed by atoms with E-state index in [1.54, 1.807) is 31.4 Å². The number of carbonyl (C=O) groups excluding carboxylic acids is 3. The van der Waals surface area contributed by atoms with Gasteiger partial charge in [0.25, 0.3) is 0 Å². The molecule has 2 aromatic carbocycles. The summed E-state index contributed by atoms with van der Waals surface area (Å²) < 4.78 is 9.98. The molecule has 0 saturated carbocycles. The molecule has 0 aliphatic carbocycles. The Balaban J connectivity index is 1.86. The quantitative estimate of drug-likeness (QED) is 0.625. The highest BCUT2D eigenvalue weighted by Crippen LogP contribution is 2.38. The molecule has 3 rings (SSSR count). The number of nitrogens with zero attached hydrogens (tertiary/aromatic N) is 1. The van der Waals surface area contributed by atoms with E-state index < -0.39 is 11.9 Å². The number of ether oxygens (including phenoxy) is 2. The summed E-state index contributed by atoms with van der Waals surface area (Å²) in [5.74, 6) is -0.169. The molecule has 1 fully saturated rings. The number of rotatable bonds is 8. The first-order valence-electron chi connectivity index (χ1n) is 10.9. The van der Waals surface area contributed by atoms with Crippen molar-refractivity contribution in [3.05, 3.63) is 59.7 Å². The average molecular weight is 439 g/mol. The highest BCUT2D eigenvalue weighted by molar-refractivity contribution is 5.95. The standard InChI is InChI=1S/C25H30N2O5/c1-4-5-16-27-22(28)15-14-21(23(27)17-8-12-20(31-2)13-9-17)24(29)26-19-10-6-18(7-11-19)25(30)32-3/h6-13,21,23H,4-5,14-16H2,1-3H3,(H,26,29)/t21-,23+/m0/s1. The molecule has 1 N–H and O–H groups in total. The molecule has 2 atom stereocenters. The minimum atomic E-state index is -0.431. The first-order valence-corrected chi connectivity index (χ1v) is 10.9. The van der Waals surface area contributed by atoms with E-state index in [0.717, 1.165) is 24.2 Å². The van der Waals surface area contributed by atoms with E-state index in [-0.39, 0.29) is 17.9 Å². The number of likely N-dealkylation sites (tertiary alicyclic amines) is 1. The van der Waals surface area contributed by atoms with Gasteiger partial charge in [0.1, 0.15) is 5.75 Å². The van der Waals surface area contributed by atoms with Crippen molar-refractivity contribution in [1.29, 1.82) is 0 Å². The summed E-state index contributed by atoms with van der Waals surface area (Å²) >= 11 is 0. The number of esters is 1. The third-order valence-corrected chi connectivity index (χ3v) is 5.83. The lowest BCUT2D eigenvalue weighted by Crippen LogP contribution is -2.47. The number of carbonyl (C=O) groups is 3. The second kappa shape index (κ2) is 10.8. The summed E-state index contributed by atoms with van der Waals surface area (Å²) in [6, 6.07) is 13.8. The number of methoxy groups -OCH3 is 2. The van der Waals surface area contributed by atoms with Crippen molar-refractivity contribution in [2.45, 2.75) is 38.6 Å². The predicted octanol–water partition coefficient (Wildman–Crippen LogP) is 4.20. The second-order valence-corrected chi connectivity index (χ2v) is 7.86. The van der Waals surface area contributed by atoms with Gasteiger partial charge in [-0.2, -0.15) is 0 Å². The Morgan fingerprint density at radius 2 is 1.75 bits per heavy atom. The van der Waals surface area contributed by atoms with Gasteiger partial charge in [-0.05, 0) is 54.8 Å². The van der Waals surface area contributed by atoms with Crippen LogP contribution in [0.4, 0.5) is 5.69 Å². The highest BCUT2D eigenvalue weighted by atomic mass is 16.5. The molecule has 7 nitrogen and oxygen atoms in total. The van der Waals surface area contributed by atoms with Crippen LogP contribution in [-0.4, -0.2) is 43.4 Å². The van der Waals surface area contributed by atoms with Crippen molar-refractivity contribution in [2.24, 2.45) is 5.92 Å². The van der Waals surface area contributed by atoms with Crippen LogP contribution in [0, 0.1) is 5.92 Å². The van der Waals surface area contributed by atoms with Crippen molar-refractivity contribution in [3.63, 3.8) is 0 Å². The van der Waals surface area contributed by atoms with Crippen molar-refractivity contribution in [2.75, 3.05) is 26.1 Å². The molecule has 7 heteroatoms. The molecule has 0 bridgehead atoms. The molecule has 0 spiro atoms. The van der Waals surface area contributed by atoms with Crippen LogP contribution in [0.5, 0.6) is 5.75 Å². The van der Waals surface area contributed by atoms with Gasteiger partial charge in [0.15, 0.2) is 0 Å². The molecule has 0 aromatic heterocycles. The van der Waals surface area contributed by atoms with Gasteiger partial charge in [-0.15, -0.1) is 0 Å². The molecule has 0 radical (unpaired) electrons. The molecule has 1 aliphatic heterocycles. The van der Waals surface area contributed by atoms with Gasteiger partial charge in [-0.1, -0.05) is 25.5 Å². The lowest BCUT2D eigenvalue weighted by molar-refractivity contribution is -0.142. The lowest BCUT2D eigenvalue weighted by Gasteiger charge is -2.41. The number of nitrogens with one attached hydrogen (secondary N) is 1. The lowest BCUT2D eigenvalue weighted by atomic mass is 9.83. The van der Waals surface area contributed by atoms with E-state index in [1.807, 2.05) is 29.2 Å². The fraction of sp³-hybridized carbons (Fsp3) is 0.400. The SMILES string of the molecule is CCCCN1C(=O)CC[C@H](C(=O)Nc2ccc(C(=O)OC)cc2)[C@H]1c1ccc(OC)cc1. The summed E-state index contributed by atoms with van der Waals surface area (Å²) in [6.45, 7) is 2.70. The summed E-state index contributed by atoms with van der Waals surface area (Å²) in [5.41, 5.74) is 1.92. The number of piperidine rings is 1. The maximum absolute atomic E-state index is 13.3. The Morgan fingerprint density at radius 1 is 1.06 bits per heavy atom. The zero-order valence-electron chi connectivity index (χ0n) is 18.8. The van der Waals surface area contributed by atoms with Crippen LogP contribution in [0.1, 0.15) is 54.6 Å². The Labute approximate surface area is 188 Å². The van der Waals surface area contributed by atoms with E-state index in [1.165, 1.54) is 7.11 Å². The maximum atomic E-state index is 13.3. The predicted molar refractivity (Wildman–Crippen MR) is 121 cm³/mol. The molecular weight excluding hydrogens is 408 g/mol. The van der Waals surface area contributed by atoms with Crippen molar-refractivity contribution < 1.29 is 23.9 Å². The van der Waals surface area contributed by atoms with Gasteiger partial charge in [-0.25, -0.2) is 4.79 Å². The second-order valence-electron chi connectivity index (χ2n) is 7.86. The van der Waals surface area contributed by atoms with E-state index in [9.17, 15) is 14.4 Å². The Bertz CT molecular complexity index is 940. The van der Waals surface area contributed by atoms with Crippen LogP contribution in [0.15, 0.2) is 48.5 Å². The number of unbranched alkanes of at least 4 members (excludes halogenated alkanes) is 1. The summed E-state index contributed by atoms with van der Waals surface area (Å²) in [5, 5.41) is 2.96. The van der Waals surface area contributed by atoms with Crippen LogP contribution in [-0.2, 0) is 14.3 Å². The number of benzene rings is 2. The smallest absolute Gasteiger partial charge is 0.337 e. The van der Waals surface area contributed by atoms with E-state index in [2.05, 4.69) is 12.2 Å². The van der Waals surface area contributed by atoms with Crippen LogP contribution < -0.4 is 10.1 Å². The molecule has 170 valence electrons. The normalized spacial score (nSPS) is 18.2. The van der Waals surface area contributed by atoms with Gasteiger partial charge in [-0.3, -0.25) is 9.59 Å². The Morgan fingerprint density at radius 3 is 2.34 bits per heavy atom. The monoisotopic (exact) mass is 438 g/mol. The molecule has 1 aliphatic rings. The fourth-order valence-electron chi connectivity index (χ4n) is 4.08. The third kappa shape index (κ3) is 5.28. The summed E-state index contributed by atoms with van der Waals surface area (Å²) in [7, 11) is 2.93. The highest BCUT2D eigenvalue weighted by Gasteiger charge is 2.40. The van der Waals surface area contributed by atoms with Gasteiger partial charge in [0, 0.05) is 18.7 Å². The number of hydrogen-bond donors (Lipinski definition) is 1. The number of amides is 2. The van der Waals surface area contributed by atoms with E-state index >= 15 is 0 Å². The van der Waals surface area contributed by atoms with Gasteiger partial charge in [0.2, 0.25) is 11.8 Å². The molecule has 1 heterocycles. The minimum Gasteiger partial charge on any atom is -0.497 e. The first-order chi connectivity index (χ1) is 15.5. The van der Waals surface area contributed by atoms with Gasteiger partial charge >= 0.3 is 5.97 Å². The maximum Gasteiger partial charge on any atom is 0.337 e. The Kier molecular flexibility index (Phi) is 7.87. The Hall–Kier alpha value is -3.35. The third-order valence-electron chi connectivity index (χ3n) is 5.83. The zero-order valence-corrected chi connectivity index (χ0v) is 18.8. The summed E-state index contributed by atoms with van der Waals surface area (Å²) in [6.07, 6.45) is 2.66. The van der Waals surface area contributed by atoms with Crippen LogP contribution in [0.25, 0.3) is 0 Å². The average Bonchev–Trinajstić information content (AvgIpc) is 2.83. The number of anilines is 1. The van der Waals surface area contributed by atoms with E-state index in [4.69, 9.17) is 9.47 Å². The minimum absolute atomic E-state index is 0.0748. The zero-order chi connectivity index (χ0) is 23.1. The van der Waals surface area contributed by atoms with Crippen LogP contribution in [0.2, 0.25) is 0 Å². The molecule has 2 aromatic rings. The van der Waals surface area contributed by atoms with E-state index in [0.29, 0.717) is 30.6 Å². The van der Waals surface area contributed by atoms with Crippen LogP contribution in [0.3, 0.4) is 0 Å². The molecule has 32 heavy (non-hydrogen) atoms. The molecule has 2 amide bonds. The number of hydrogen-bond acceptors (Lipinski definition) is 5. The van der Waals surface area contributed by atoms with Crippen molar-refractivity contribution >= 4 is 23.5 Å². The molecular formula is C25H30N2O5. The van der Waals surface area contributed by atoms with Gasteiger partial charge in [0.05, 0.1) is 31.7 Å². The molecule has 1 saturated heterocycles. The first kappa shape index (κ1) is 23.3. The fourth-order valence-corrected chi connectivity index (χ4v) is 4.08. The molecule has 0 unspecified atom stereocenters. The summed E-state index contributed by atoms with van der Waals surface area (Å²) in [4.78, 5) is 39.6. The van der Waals surface area contributed by atoms with Gasteiger partial charge < -0.3 is 19.7 Å². The largest absolute Gasteiger partial charge is 0.497 e. The van der Waals surface area contributed by atoms with Crippen molar-refractivity contribution in [1.82, 2.24) is 4.90 Å². The van der Waals surface area contributed by atoms with Crippen molar-refractivity contribution in [3.8, 4) is 5.75 Å². The topological polar surface area (TPSA) is 84.9 Å². The van der Waals surface area contributed by atoms with Crippen LogP contribution >= 0.6 is 0 Å².